The third-order valence-corrected chi connectivity index (χ3v) is 5.32. The first-order valence-corrected chi connectivity index (χ1v) is 9.23. The molecule has 1 fully saturated rings. The smallest absolute Gasteiger partial charge is 0.0399 e. The SMILES string of the molecule is Cc1ccc(C)c(N2CCN(CC[C@H](C)c3ccccc3)CC2)c1. The fraction of sp³-hybridized carbons (Fsp3) is 0.455. The summed E-state index contributed by atoms with van der Waals surface area (Å²) < 4.78 is 0. The number of nitrogens with zero attached hydrogens (tertiary/aromatic N) is 2. The first kappa shape index (κ1) is 17.0. The molecule has 128 valence electrons. The van der Waals surface area contributed by atoms with Crippen molar-refractivity contribution in [1.82, 2.24) is 4.90 Å². The molecule has 1 aliphatic heterocycles. The van der Waals surface area contributed by atoms with Gasteiger partial charge in [-0.05, 0) is 55.5 Å². The van der Waals surface area contributed by atoms with Crippen molar-refractivity contribution in [2.75, 3.05) is 37.6 Å². The second-order valence-electron chi connectivity index (χ2n) is 7.22. The molecule has 0 N–H and O–H groups in total. The molecule has 0 aromatic heterocycles. The summed E-state index contributed by atoms with van der Waals surface area (Å²) in [5.74, 6) is 0.642. The number of anilines is 1. The van der Waals surface area contributed by atoms with E-state index in [2.05, 4.69) is 79.1 Å². The normalized spacial score (nSPS) is 17.0. The van der Waals surface area contributed by atoms with Crippen molar-refractivity contribution in [3.05, 3.63) is 65.2 Å². The number of aryl methyl sites for hydroxylation is 2. The van der Waals surface area contributed by atoms with E-state index in [4.69, 9.17) is 0 Å². The number of rotatable bonds is 5. The van der Waals surface area contributed by atoms with Gasteiger partial charge in [0.25, 0.3) is 0 Å². The van der Waals surface area contributed by atoms with Crippen LogP contribution in [0, 0.1) is 13.8 Å². The van der Waals surface area contributed by atoms with Crippen molar-refractivity contribution in [2.45, 2.75) is 33.1 Å². The molecule has 0 bridgehead atoms. The van der Waals surface area contributed by atoms with Crippen LogP contribution in [0.1, 0.15) is 36.0 Å². The average molecular weight is 322 g/mol. The molecule has 2 nitrogen and oxygen atoms in total. The monoisotopic (exact) mass is 322 g/mol. The number of hydrogen-bond acceptors (Lipinski definition) is 2. The van der Waals surface area contributed by atoms with Crippen LogP contribution in [0.5, 0.6) is 0 Å². The molecule has 0 aliphatic carbocycles. The molecule has 0 spiro atoms. The molecule has 2 aromatic carbocycles. The Kier molecular flexibility index (Phi) is 5.57. The van der Waals surface area contributed by atoms with Crippen LogP contribution in [-0.4, -0.2) is 37.6 Å². The van der Waals surface area contributed by atoms with E-state index in [0.717, 1.165) is 13.1 Å². The molecule has 0 saturated carbocycles. The maximum atomic E-state index is 2.63. The van der Waals surface area contributed by atoms with Crippen LogP contribution >= 0.6 is 0 Å². The minimum atomic E-state index is 0.642. The Morgan fingerprint density at radius 1 is 0.917 bits per heavy atom. The van der Waals surface area contributed by atoms with Crippen LogP contribution in [0.15, 0.2) is 48.5 Å². The summed E-state index contributed by atoms with van der Waals surface area (Å²) >= 11 is 0. The van der Waals surface area contributed by atoms with E-state index in [-0.39, 0.29) is 0 Å². The van der Waals surface area contributed by atoms with Gasteiger partial charge in [0.15, 0.2) is 0 Å². The number of piperazine rings is 1. The Labute approximate surface area is 147 Å². The molecule has 1 saturated heterocycles. The van der Waals surface area contributed by atoms with Gasteiger partial charge >= 0.3 is 0 Å². The quantitative estimate of drug-likeness (QED) is 0.792. The highest BCUT2D eigenvalue weighted by atomic mass is 15.3. The third kappa shape index (κ3) is 4.18. The maximum absolute atomic E-state index is 2.63. The Morgan fingerprint density at radius 3 is 2.33 bits per heavy atom. The molecule has 3 rings (SSSR count). The van der Waals surface area contributed by atoms with E-state index in [9.17, 15) is 0 Å². The zero-order chi connectivity index (χ0) is 16.9. The van der Waals surface area contributed by atoms with Crippen molar-refractivity contribution in [1.29, 1.82) is 0 Å². The van der Waals surface area contributed by atoms with Crippen LogP contribution in [0.3, 0.4) is 0 Å². The van der Waals surface area contributed by atoms with Gasteiger partial charge in [-0.3, -0.25) is 4.90 Å². The second kappa shape index (κ2) is 7.85. The summed E-state index contributed by atoms with van der Waals surface area (Å²) in [6, 6.07) is 17.7. The molecule has 0 unspecified atom stereocenters. The van der Waals surface area contributed by atoms with Crippen LogP contribution < -0.4 is 4.90 Å². The van der Waals surface area contributed by atoms with Crippen LogP contribution in [0.4, 0.5) is 5.69 Å². The van der Waals surface area contributed by atoms with Crippen LogP contribution in [0.25, 0.3) is 0 Å². The fourth-order valence-electron chi connectivity index (χ4n) is 3.60. The van der Waals surface area contributed by atoms with Gasteiger partial charge < -0.3 is 4.90 Å². The lowest BCUT2D eigenvalue weighted by atomic mass is 9.97. The molecule has 0 amide bonds. The molecule has 2 aromatic rings. The summed E-state index contributed by atoms with van der Waals surface area (Å²) in [7, 11) is 0. The van der Waals surface area contributed by atoms with Crippen molar-refractivity contribution in [3.8, 4) is 0 Å². The highest BCUT2D eigenvalue weighted by Gasteiger charge is 2.19. The van der Waals surface area contributed by atoms with E-state index in [1.165, 1.54) is 48.4 Å². The third-order valence-electron chi connectivity index (χ3n) is 5.32. The van der Waals surface area contributed by atoms with Gasteiger partial charge in [-0.15, -0.1) is 0 Å². The Hall–Kier alpha value is -1.80. The largest absolute Gasteiger partial charge is 0.369 e. The van der Waals surface area contributed by atoms with Gasteiger partial charge in [0.2, 0.25) is 0 Å². The predicted octanol–water partition coefficient (Wildman–Crippen LogP) is 4.62. The van der Waals surface area contributed by atoms with E-state index in [1.807, 2.05) is 0 Å². The Bertz CT molecular complexity index is 642. The summed E-state index contributed by atoms with van der Waals surface area (Å²) in [6.07, 6.45) is 1.24. The van der Waals surface area contributed by atoms with Crippen molar-refractivity contribution >= 4 is 5.69 Å². The Morgan fingerprint density at radius 2 is 1.62 bits per heavy atom. The summed E-state index contributed by atoms with van der Waals surface area (Å²) in [5.41, 5.74) is 5.64. The lowest BCUT2D eigenvalue weighted by Crippen LogP contribution is -2.47. The van der Waals surface area contributed by atoms with Crippen molar-refractivity contribution in [2.24, 2.45) is 0 Å². The van der Waals surface area contributed by atoms with Gasteiger partial charge in [0.05, 0.1) is 0 Å². The lowest BCUT2D eigenvalue weighted by Gasteiger charge is -2.37. The number of hydrogen-bond donors (Lipinski definition) is 0. The molecule has 1 atom stereocenters. The average Bonchev–Trinajstić information content (AvgIpc) is 2.63. The second-order valence-corrected chi connectivity index (χ2v) is 7.22. The minimum absolute atomic E-state index is 0.642. The van der Waals surface area contributed by atoms with E-state index in [1.54, 1.807) is 0 Å². The topological polar surface area (TPSA) is 6.48 Å². The van der Waals surface area contributed by atoms with Gasteiger partial charge in [-0.1, -0.05) is 49.4 Å². The van der Waals surface area contributed by atoms with E-state index in [0.29, 0.717) is 5.92 Å². The van der Waals surface area contributed by atoms with Crippen molar-refractivity contribution in [3.63, 3.8) is 0 Å². The molecule has 1 heterocycles. The summed E-state index contributed by atoms with van der Waals surface area (Å²) in [4.78, 5) is 5.18. The number of benzene rings is 2. The molecule has 2 heteroatoms. The first-order valence-electron chi connectivity index (χ1n) is 9.23. The summed E-state index contributed by atoms with van der Waals surface area (Å²) in [6.45, 7) is 12.6. The van der Waals surface area contributed by atoms with Crippen molar-refractivity contribution < 1.29 is 0 Å². The minimum Gasteiger partial charge on any atom is -0.369 e. The lowest BCUT2D eigenvalue weighted by molar-refractivity contribution is 0.249. The van der Waals surface area contributed by atoms with Crippen LogP contribution in [0.2, 0.25) is 0 Å². The van der Waals surface area contributed by atoms with Crippen LogP contribution in [-0.2, 0) is 0 Å². The predicted molar refractivity (Wildman–Crippen MR) is 104 cm³/mol. The first-order chi connectivity index (χ1) is 11.6. The van der Waals surface area contributed by atoms with E-state index >= 15 is 0 Å². The molecule has 1 aliphatic rings. The maximum Gasteiger partial charge on any atom is 0.0399 e. The van der Waals surface area contributed by atoms with Gasteiger partial charge in [0, 0.05) is 31.9 Å². The molecular formula is C22H30N2. The Balaban J connectivity index is 1.49. The van der Waals surface area contributed by atoms with Gasteiger partial charge in [-0.2, -0.15) is 0 Å². The zero-order valence-corrected chi connectivity index (χ0v) is 15.3. The molecule has 24 heavy (non-hydrogen) atoms. The van der Waals surface area contributed by atoms with Gasteiger partial charge in [-0.25, -0.2) is 0 Å². The zero-order valence-electron chi connectivity index (χ0n) is 15.3. The molecule has 0 radical (unpaired) electrons. The fourth-order valence-corrected chi connectivity index (χ4v) is 3.60. The highest BCUT2D eigenvalue weighted by Crippen LogP contribution is 2.24. The standard InChI is InChI=1S/C22H30N2/c1-18-9-10-20(3)22(17-18)24-15-13-23(14-16-24)12-11-19(2)21-7-5-4-6-8-21/h4-10,17,19H,11-16H2,1-3H3/t19-/m0/s1. The van der Waals surface area contributed by atoms with E-state index < -0.39 is 0 Å². The van der Waals surface area contributed by atoms with Gasteiger partial charge in [0.1, 0.15) is 0 Å². The molecular weight excluding hydrogens is 292 g/mol. The summed E-state index contributed by atoms with van der Waals surface area (Å²) in [5, 5.41) is 0. The highest BCUT2D eigenvalue weighted by molar-refractivity contribution is 5.55.